The number of hydrogen-bond donors (Lipinski definition) is 2. The molecule has 0 unspecified atom stereocenters. The second-order valence-corrected chi connectivity index (χ2v) is 8.61. The zero-order valence-corrected chi connectivity index (χ0v) is 19.9. The number of benzene rings is 3. The van der Waals surface area contributed by atoms with Crippen molar-refractivity contribution >= 4 is 34.9 Å². The minimum atomic E-state index is -0.268. The SMILES string of the molecule is CCOc1cccc(/C=N\NC(=O)CSc2nc3ccccc3n2Cc2ccc(C)cc2)c1O. The molecule has 0 spiro atoms. The molecule has 0 fully saturated rings. The number of para-hydroxylation sites is 3. The minimum absolute atomic E-state index is 0.0125. The van der Waals surface area contributed by atoms with Gasteiger partial charge in [0.15, 0.2) is 16.7 Å². The highest BCUT2D eigenvalue weighted by atomic mass is 32.2. The lowest BCUT2D eigenvalue weighted by molar-refractivity contribution is -0.118. The third kappa shape index (κ3) is 5.58. The lowest BCUT2D eigenvalue weighted by atomic mass is 10.1. The van der Waals surface area contributed by atoms with Gasteiger partial charge in [0.1, 0.15) is 0 Å². The van der Waals surface area contributed by atoms with Crippen molar-refractivity contribution in [3.63, 3.8) is 0 Å². The van der Waals surface area contributed by atoms with Crippen LogP contribution in [-0.2, 0) is 11.3 Å². The first kappa shape index (κ1) is 23.4. The summed E-state index contributed by atoms with van der Waals surface area (Å²) in [5, 5.41) is 15.0. The van der Waals surface area contributed by atoms with Crippen LogP contribution in [0, 0.1) is 6.92 Å². The van der Waals surface area contributed by atoms with Crippen LogP contribution in [0.15, 0.2) is 77.0 Å². The molecule has 1 amide bonds. The molecule has 0 radical (unpaired) electrons. The summed E-state index contributed by atoms with van der Waals surface area (Å²) in [7, 11) is 0. The number of fused-ring (bicyclic) bond motifs is 1. The van der Waals surface area contributed by atoms with Crippen molar-refractivity contribution < 1.29 is 14.6 Å². The Hall–Kier alpha value is -3.78. The predicted octanol–water partition coefficient (Wildman–Crippen LogP) is 4.74. The standard InChI is InChI=1S/C26H26N4O3S/c1-3-33-23-10-6-7-20(25(23)32)15-27-29-24(31)17-34-26-28-21-8-4-5-9-22(21)30(26)16-19-13-11-18(2)12-14-19/h4-15,32H,3,16-17H2,1-2H3,(H,29,31)/b27-15-. The molecule has 0 saturated carbocycles. The van der Waals surface area contributed by atoms with E-state index >= 15 is 0 Å². The second kappa shape index (κ2) is 10.9. The summed E-state index contributed by atoms with van der Waals surface area (Å²) in [6.07, 6.45) is 1.40. The number of aromatic nitrogens is 2. The number of amides is 1. The number of aryl methyl sites for hydroxylation is 1. The molecule has 2 N–H and O–H groups in total. The maximum absolute atomic E-state index is 12.4. The molecular formula is C26H26N4O3S. The quantitative estimate of drug-likeness (QED) is 0.208. The summed E-state index contributed by atoms with van der Waals surface area (Å²) in [6, 6.07) is 21.5. The smallest absolute Gasteiger partial charge is 0.250 e. The van der Waals surface area contributed by atoms with E-state index in [4.69, 9.17) is 9.72 Å². The maximum Gasteiger partial charge on any atom is 0.250 e. The molecule has 7 nitrogen and oxygen atoms in total. The van der Waals surface area contributed by atoms with E-state index in [0.29, 0.717) is 24.5 Å². The van der Waals surface area contributed by atoms with Crippen LogP contribution in [0.4, 0.5) is 0 Å². The van der Waals surface area contributed by atoms with Gasteiger partial charge in [-0.2, -0.15) is 5.10 Å². The molecule has 0 saturated heterocycles. The number of phenolic OH excluding ortho intramolecular Hbond substituents is 1. The van der Waals surface area contributed by atoms with Crippen molar-refractivity contribution in [1.82, 2.24) is 15.0 Å². The van der Waals surface area contributed by atoms with Crippen LogP contribution in [0.5, 0.6) is 11.5 Å². The molecular weight excluding hydrogens is 448 g/mol. The van der Waals surface area contributed by atoms with E-state index in [1.807, 2.05) is 31.2 Å². The Morgan fingerprint density at radius 3 is 2.74 bits per heavy atom. The third-order valence-electron chi connectivity index (χ3n) is 5.14. The van der Waals surface area contributed by atoms with E-state index < -0.39 is 0 Å². The van der Waals surface area contributed by atoms with Crippen LogP contribution < -0.4 is 10.2 Å². The minimum Gasteiger partial charge on any atom is -0.504 e. The molecule has 3 aromatic carbocycles. The van der Waals surface area contributed by atoms with Gasteiger partial charge in [-0.15, -0.1) is 0 Å². The highest BCUT2D eigenvalue weighted by Crippen LogP contribution is 2.28. The van der Waals surface area contributed by atoms with Crippen molar-refractivity contribution in [3.8, 4) is 11.5 Å². The van der Waals surface area contributed by atoms with Gasteiger partial charge in [0.25, 0.3) is 5.91 Å². The number of rotatable bonds is 9. The monoisotopic (exact) mass is 474 g/mol. The Morgan fingerprint density at radius 1 is 1.15 bits per heavy atom. The van der Waals surface area contributed by atoms with Gasteiger partial charge >= 0.3 is 0 Å². The van der Waals surface area contributed by atoms with Gasteiger partial charge in [0.2, 0.25) is 0 Å². The van der Waals surface area contributed by atoms with Gasteiger partial charge in [-0.05, 0) is 43.7 Å². The van der Waals surface area contributed by atoms with Crippen LogP contribution >= 0.6 is 11.8 Å². The maximum atomic E-state index is 12.4. The average molecular weight is 475 g/mol. The molecule has 1 heterocycles. The van der Waals surface area contributed by atoms with Crippen molar-refractivity contribution in [2.45, 2.75) is 25.5 Å². The number of aromatic hydroxyl groups is 1. The van der Waals surface area contributed by atoms with Gasteiger partial charge < -0.3 is 14.4 Å². The number of nitrogens with zero attached hydrogens (tertiary/aromatic N) is 3. The van der Waals surface area contributed by atoms with Crippen molar-refractivity contribution in [2.75, 3.05) is 12.4 Å². The molecule has 0 aliphatic rings. The largest absolute Gasteiger partial charge is 0.504 e. The fourth-order valence-corrected chi connectivity index (χ4v) is 4.25. The molecule has 1 aromatic heterocycles. The Labute approximate surface area is 202 Å². The molecule has 174 valence electrons. The first-order valence-electron chi connectivity index (χ1n) is 11.0. The molecule has 0 bridgehead atoms. The fourth-order valence-electron chi connectivity index (χ4n) is 3.44. The Balaban J connectivity index is 1.43. The van der Waals surface area contributed by atoms with Gasteiger partial charge in [-0.25, -0.2) is 10.4 Å². The summed E-state index contributed by atoms with van der Waals surface area (Å²) in [5.74, 6) is 0.248. The first-order valence-corrected chi connectivity index (χ1v) is 11.9. The van der Waals surface area contributed by atoms with Gasteiger partial charge in [0.05, 0.1) is 36.2 Å². The number of carbonyl (C=O) groups excluding carboxylic acids is 1. The summed E-state index contributed by atoms with van der Waals surface area (Å²) in [5.41, 5.74) is 7.26. The van der Waals surface area contributed by atoms with E-state index in [0.717, 1.165) is 16.2 Å². The highest BCUT2D eigenvalue weighted by Gasteiger charge is 2.13. The van der Waals surface area contributed by atoms with E-state index in [2.05, 4.69) is 46.3 Å². The average Bonchev–Trinajstić information content (AvgIpc) is 3.19. The number of carbonyl (C=O) groups is 1. The lowest BCUT2D eigenvalue weighted by Crippen LogP contribution is -2.20. The second-order valence-electron chi connectivity index (χ2n) is 7.66. The summed E-state index contributed by atoms with van der Waals surface area (Å²) in [4.78, 5) is 17.1. The Morgan fingerprint density at radius 2 is 1.94 bits per heavy atom. The van der Waals surface area contributed by atoms with Crippen LogP contribution in [0.3, 0.4) is 0 Å². The molecule has 34 heavy (non-hydrogen) atoms. The van der Waals surface area contributed by atoms with E-state index in [1.54, 1.807) is 18.2 Å². The van der Waals surface area contributed by atoms with Gasteiger partial charge in [-0.1, -0.05) is 59.8 Å². The lowest BCUT2D eigenvalue weighted by Gasteiger charge is -2.09. The van der Waals surface area contributed by atoms with Gasteiger partial charge in [-0.3, -0.25) is 4.79 Å². The number of ether oxygens (including phenoxy) is 1. The number of thioether (sulfide) groups is 1. The molecule has 0 aliphatic heterocycles. The zero-order chi connectivity index (χ0) is 23.9. The number of phenols is 1. The van der Waals surface area contributed by atoms with Crippen molar-refractivity contribution in [1.29, 1.82) is 0 Å². The summed E-state index contributed by atoms with van der Waals surface area (Å²) in [6.45, 7) is 5.01. The molecule has 4 rings (SSSR count). The van der Waals surface area contributed by atoms with Crippen molar-refractivity contribution in [2.24, 2.45) is 5.10 Å². The highest BCUT2D eigenvalue weighted by molar-refractivity contribution is 7.99. The third-order valence-corrected chi connectivity index (χ3v) is 6.11. The normalized spacial score (nSPS) is 11.2. The van der Waals surface area contributed by atoms with E-state index in [-0.39, 0.29) is 17.4 Å². The molecule has 4 aromatic rings. The molecule has 8 heteroatoms. The summed E-state index contributed by atoms with van der Waals surface area (Å²) < 4.78 is 7.49. The Bertz CT molecular complexity index is 1320. The van der Waals surface area contributed by atoms with Crippen LogP contribution in [0.2, 0.25) is 0 Å². The van der Waals surface area contributed by atoms with E-state index in [1.165, 1.54) is 29.1 Å². The van der Waals surface area contributed by atoms with Crippen LogP contribution in [0.25, 0.3) is 11.0 Å². The van der Waals surface area contributed by atoms with Gasteiger partial charge in [0, 0.05) is 5.56 Å². The topological polar surface area (TPSA) is 88.7 Å². The number of imidazole rings is 1. The number of nitrogens with one attached hydrogen (secondary N) is 1. The summed E-state index contributed by atoms with van der Waals surface area (Å²) >= 11 is 1.36. The number of hydrogen-bond acceptors (Lipinski definition) is 6. The van der Waals surface area contributed by atoms with Crippen LogP contribution in [0.1, 0.15) is 23.6 Å². The van der Waals surface area contributed by atoms with E-state index in [9.17, 15) is 9.90 Å². The molecule has 0 aliphatic carbocycles. The predicted molar refractivity (Wildman–Crippen MR) is 136 cm³/mol. The first-order chi connectivity index (χ1) is 16.5. The van der Waals surface area contributed by atoms with Crippen molar-refractivity contribution in [3.05, 3.63) is 83.4 Å². The van der Waals surface area contributed by atoms with Crippen LogP contribution in [-0.4, -0.2) is 39.1 Å². The molecule has 0 atom stereocenters. The zero-order valence-electron chi connectivity index (χ0n) is 19.1. The Kier molecular flexibility index (Phi) is 7.49. The fraction of sp³-hybridized carbons (Fsp3) is 0.192. The number of hydrazone groups is 1.